The van der Waals surface area contributed by atoms with E-state index in [0.29, 0.717) is 18.1 Å². The van der Waals surface area contributed by atoms with Crippen molar-refractivity contribution in [2.24, 2.45) is 13.0 Å². The molecular weight excluding hydrogens is 192 g/mol. The van der Waals surface area contributed by atoms with Crippen LogP contribution in [0.1, 0.15) is 37.9 Å². The number of aromatic nitrogens is 4. The van der Waals surface area contributed by atoms with Crippen molar-refractivity contribution in [3.05, 3.63) is 5.82 Å². The standard InChI is InChI=1S/C10H16N4O/c1-14-12-10(11-13-14)7-8-4-2-3-5-9(15)6-8/h8H,2-7H2,1H3. The molecule has 0 radical (unpaired) electrons. The van der Waals surface area contributed by atoms with Crippen LogP contribution in [0.4, 0.5) is 0 Å². The minimum Gasteiger partial charge on any atom is -0.300 e. The fraction of sp³-hybridized carbons (Fsp3) is 0.800. The summed E-state index contributed by atoms with van der Waals surface area (Å²) in [4.78, 5) is 12.9. The summed E-state index contributed by atoms with van der Waals surface area (Å²) in [7, 11) is 1.76. The molecular formula is C10H16N4O. The fourth-order valence-corrected chi connectivity index (χ4v) is 2.12. The molecule has 82 valence electrons. The summed E-state index contributed by atoms with van der Waals surface area (Å²) in [6.07, 6.45) is 5.55. The van der Waals surface area contributed by atoms with Crippen molar-refractivity contribution in [1.82, 2.24) is 20.2 Å². The van der Waals surface area contributed by atoms with Gasteiger partial charge in [-0.2, -0.15) is 4.80 Å². The number of Topliss-reactive ketones (excluding diaryl/α,β-unsaturated/α-hetero) is 1. The van der Waals surface area contributed by atoms with E-state index in [1.807, 2.05) is 0 Å². The van der Waals surface area contributed by atoms with Crippen LogP contribution in [0, 0.1) is 5.92 Å². The second kappa shape index (κ2) is 4.51. The molecule has 0 bridgehead atoms. The van der Waals surface area contributed by atoms with Gasteiger partial charge in [-0.1, -0.05) is 6.42 Å². The third kappa shape index (κ3) is 2.84. The lowest BCUT2D eigenvalue weighted by atomic mass is 9.96. The van der Waals surface area contributed by atoms with Crippen molar-refractivity contribution >= 4 is 5.78 Å². The lowest BCUT2D eigenvalue weighted by Crippen LogP contribution is -2.09. The Hall–Kier alpha value is -1.26. The van der Waals surface area contributed by atoms with E-state index in [9.17, 15) is 4.79 Å². The normalized spacial score (nSPS) is 22.7. The van der Waals surface area contributed by atoms with Gasteiger partial charge in [0.1, 0.15) is 5.78 Å². The van der Waals surface area contributed by atoms with E-state index in [4.69, 9.17) is 0 Å². The minimum absolute atomic E-state index is 0.390. The quantitative estimate of drug-likeness (QED) is 0.677. The van der Waals surface area contributed by atoms with Crippen LogP contribution in [-0.4, -0.2) is 26.0 Å². The lowest BCUT2D eigenvalue weighted by Gasteiger charge is -2.09. The van der Waals surface area contributed by atoms with Gasteiger partial charge in [-0.3, -0.25) is 4.79 Å². The predicted molar refractivity (Wildman–Crippen MR) is 54.1 cm³/mol. The van der Waals surface area contributed by atoms with E-state index >= 15 is 0 Å². The number of carbonyl (C=O) groups is 1. The monoisotopic (exact) mass is 208 g/mol. The molecule has 1 aliphatic carbocycles. The summed E-state index contributed by atoms with van der Waals surface area (Å²) in [5.74, 6) is 1.57. The van der Waals surface area contributed by atoms with Crippen molar-refractivity contribution in [3.63, 3.8) is 0 Å². The fourth-order valence-electron chi connectivity index (χ4n) is 2.12. The van der Waals surface area contributed by atoms with Gasteiger partial charge < -0.3 is 0 Å². The van der Waals surface area contributed by atoms with Gasteiger partial charge in [0.25, 0.3) is 0 Å². The molecule has 1 atom stereocenters. The lowest BCUT2D eigenvalue weighted by molar-refractivity contribution is -0.119. The molecule has 1 aromatic rings. The summed E-state index contributed by atoms with van der Waals surface area (Å²) >= 11 is 0. The number of tetrazole rings is 1. The molecule has 0 aliphatic heterocycles. The van der Waals surface area contributed by atoms with Crippen LogP contribution >= 0.6 is 0 Å². The van der Waals surface area contributed by atoms with E-state index in [2.05, 4.69) is 15.4 Å². The number of hydrogen-bond acceptors (Lipinski definition) is 4. The average Bonchev–Trinajstić information content (AvgIpc) is 2.46. The number of nitrogens with zero attached hydrogens (tertiary/aromatic N) is 4. The maximum absolute atomic E-state index is 11.4. The Morgan fingerprint density at radius 2 is 2.33 bits per heavy atom. The molecule has 0 aromatic carbocycles. The molecule has 1 saturated carbocycles. The van der Waals surface area contributed by atoms with Crippen LogP contribution in [0.15, 0.2) is 0 Å². The zero-order valence-electron chi connectivity index (χ0n) is 9.02. The van der Waals surface area contributed by atoms with Gasteiger partial charge in [0.05, 0.1) is 7.05 Å². The van der Waals surface area contributed by atoms with Gasteiger partial charge in [-0.25, -0.2) is 0 Å². The second-order valence-corrected chi connectivity index (χ2v) is 4.25. The summed E-state index contributed by atoms with van der Waals surface area (Å²) in [6.45, 7) is 0. The van der Waals surface area contributed by atoms with Crippen LogP contribution in [-0.2, 0) is 18.3 Å². The van der Waals surface area contributed by atoms with Crippen LogP contribution in [0.5, 0.6) is 0 Å². The first-order valence-electron chi connectivity index (χ1n) is 5.48. The zero-order chi connectivity index (χ0) is 10.7. The SMILES string of the molecule is Cn1nnc(CC2CCCCC(=O)C2)n1. The summed E-state index contributed by atoms with van der Waals surface area (Å²) < 4.78 is 0. The van der Waals surface area contributed by atoms with Crippen LogP contribution in [0.25, 0.3) is 0 Å². The first-order chi connectivity index (χ1) is 7.24. The van der Waals surface area contributed by atoms with Gasteiger partial charge in [-0.15, -0.1) is 10.2 Å². The highest BCUT2D eigenvalue weighted by molar-refractivity contribution is 5.78. The largest absolute Gasteiger partial charge is 0.300 e. The van der Waals surface area contributed by atoms with Crippen molar-refractivity contribution in [2.45, 2.75) is 38.5 Å². The highest BCUT2D eigenvalue weighted by atomic mass is 16.1. The van der Waals surface area contributed by atoms with Crippen molar-refractivity contribution in [1.29, 1.82) is 0 Å². The Balaban J connectivity index is 1.95. The number of hydrogen-bond donors (Lipinski definition) is 0. The maximum Gasteiger partial charge on any atom is 0.175 e. The van der Waals surface area contributed by atoms with Gasteiger partial charge in [0, 0.05) is 19.3 Å². The maximum atomic E-state index is 11.4. The minimum atomic E-state index is 0.390. The molecule has 0 amide bonds. The third-order valence-electron chi connectivity index (χ3n) is 2.86. The molecule has 15 heavy (non-hydrogen) atoms. The van der Waals surface area contributed by atoms with Gasteiger partial charge in [-0.05, 0) is 24.0 Å². The summed E-state index contributed by atoms with van der Waals surface area (Å²) in [5, 5.41) is 11.9. The highest BCUT2D eigenvalue weighted by Gasteiger charge is 2.19. The topological polar surface area (TPSA) is 60.7 Å². The molecule has 0 N–H and O–H groups in total. The van der Waals surface area contributed by atoms with Crippen LogP contribution in [0.2, 0.25) is 0 Å². The van der Waals surface area contributed by atoms with Crippen molar-refractivity contribution < 1.29 is 4.79 Å². The number of rotatable bonds is 2. The Labute approximate surface area is 88.9 Å². The molecule has 0 spiro atoms. The highest BCUT2D eigenvalue weighted by Crippen LogP contribution is 2.22. The van der Waals surface area contributed by atoms with Gasteiger partial charge in [0.15, 0.2) is 5.82 Å². The van der Waals surface area contributed by atoms with Crippen LogP contribution in [0.3, 0.4) is 0 Å². The Morgan fingerprint density at radius 3 is 3.07 bits per heavy atom. The van der Waals surface area contributed by atoms with E-state index < -0.39 is 0 Å². The van der Waals surface area contributed by atoms with Crippen LogP contribution < -0.4 is 0 Å². The van der Waals surface area contributed by atoms with Crippen molar-refractivity contribution in [2.75, 3.05) is 0 Å². The Bertz CT molecular complexity index is 347. The van der Waals surface area contributed by atoms with Gasteiger partial charge in [0.2, 0.25) is 0 Å². The Kier molecular flexibility index (Phi) is 3.08. The van der Waals surface area contributed by atoms with Crippen molar-refractivity contribution in [3.8, 4) is 0 Å². The van der Waals surface area contributed by atoms with E-state index in [-0.39, 0.29) is 0 Å². The molecule has 1 aromatic heterocycles. The first-order valence-corrected chi connectivity index (χ1v) is 5.48. The average molecular weight is 208 g/mol. The Morgan fingerprint density at radius 1 is 1.47 bits per heavy atom. The molecule has 5 nitrogen and oxygen atoms in total. The number of aryl methyl sites for hydroxylation is 1. The second-order valence-electron chi connectivity index (χ2n) is 4.25. The van der Waals surface area contributed by atoms with Gasteiger partial charge >= 0.3 is 0 Å². The molecule has 1 aliphatic rings. The molecule has 1 unspecified atom stereocenters. The summed E-state index contributed by atoms with van der Waals surface area (Å²) in [5.41, 5.74) is 0. The van der Waals surface area contributed by atoms with E-state index in [1.54, 1.807) is 7.05 Å². The molecule has 0 saturated heterocycles. The zero-order valence-corrected chi connectivity index (χ0v) is 9.02. The van der Waals surface area contributed by atoms with E-state index in [0.717, 1.165) is 37.9 Å². The molecule has 1 heterocycles. The molecule has 2 rings (SSSR count). The smallest absolute Gasteiger partial charge is 0.175 e. The third-order valence-corrected chi connectivity index (χ3v) is 2.86. The summed E-state index contributed by atoms with van der Waals surface area (Å²) in [6, 6.07) is 0. The number of ketones is 1. The first kappa shape index (κ1) is 10.3. The molecule has 1 fully saturated rings. The predicted octanol–water partition coefficient (Wildman–Crippen LogP) is 0.902. The number of carbonyl (C=O) groups excluding carboxylic acids is 1. The van der Waals surface area contributed by atoms with E-state index in [1.165, 1.54) is 4.80 Å². The molecule has 5 heteroatoms.